The van der Waals surface area contributed by atoms with Gasteiger partial charge in [0.05, 0.1) is 23.8 Å². The van der Waals surface area contributed by atoms with Crippen molar-refractivity contribution in [3.8, 4) is 5.75 Å². The van der Waals surface area contributed by atoms with E-state index in [0.29, 0.717) is 37.0 Å². The molecule has 2 aromatic carbocycles. The Kier molecular flexibility index (Phi) is 7.97. The van der Waals surface area contributed by atoms with E-state index in [-0.39, 0.29) is 18.7 Å². The molecule has 1 saturated heterocycles. The van der Waals surface area contributed by atoms with E-state index in [2.05, 4.69) is 5.32 Å². The molecule has 0 spiro atoms. The van der Waals surface area contributed by atoms with Gasteiger partial charge in [0.15, 0.2) is 6.10 Å². The molecule has 3 rings (SSSR count). The van der Waals surface area contributed by atoms with Crippen LogP contribution < -0.4 is 10.1 Å². The normalized spacial score (nSPS) is 15.0. The standard InChI is InChI=1S/C24H26F2N2O5/c1-3-32-21-7-5-4-6-20(21)27-22(29)15(2)33-24(31)16-10-12-28(13-11-16)23(30)18-9-8-17(25)14-19(18)26/h4-9,14-16H,3,10-13H2,1-2H3,(H,27,29). The van der Waals surface area contributed by atoms with Crippen molar-refractivity contribution in [2.24, 2.45) is 5.92 Å². The van der Waals surface area contributed by atoms with Gasteiger partial charge in [0.25, 0.3) is 11.8 Å². The Morgan fingerprint density at radius 3 is 2.48 bits per heavy atom. The number of hydrogen-bond donors (Lipinski definition) is 1. The Morgan fingerprint density at radius 2 is 1.82 bits per heavy atom. The topological polar surface area (TPSA) is 84.9 Å². The number of likely N-dealkylation sites (tertiary alicyclic amines) is 1. The van der Waals surface area contributed by atoms with Gasteiger partial charge in [0.2, 0.25) is 0 Å². The monoisotopic (exact) mass is 460 g/mol. The number of rotatable bonds is 7. The highest BCUT2D eigenvalue weighted by Crippen LogP contribution is 2.25. The zero-order valence-electron chi connectivity index (χ0n) is 18.5. The van der Waals surface area contributed by atoms with Gasteiger partial charge in [-0.3, -0.25) is 14.4 Å². The Morgan fingerprint density at radius 1 is 1.12 bits per heavy atom. The second-order valence-electron chi connectivity index (χ2n) is 7.69. The molecule has 1 heterocycles. The van der Waals surface area contributed by atoms with Crippen molar-refractivity contribution in [1.82, 2.24) is 4.90 Å². The summed E-state index contributed by atoms with van der Waals surface area (Å²) in [5.74, 6) is -3.23. The van der Waals surface area contributed by atoms with Crippen LogP contribution in [0.3, 0.4) is 0 Å². The quantitative estimate of drug-likeness (QED) is 0.636. The van der Waals surface area contributed by atoms with Gasteiger partial charge >= 0.3 is 5.97 Å². The van der Waals surface area contributed by atoms with Gasteiger partial charge in [-0.1, -0.05) is 12.1 Å². The molecule has 0 saturated carbocycles. The van der Waals surface area contributed by atoms with E-state index in [1.54, 1.807) is 24.3 Å². The highest BCUT2D eigenvalue weighted by Gasteiger charge is 2.31. The number of halogens is 2. The fraction of sp³-hybridized carbons (Fsp3) is 0.375. The lowest BCUT2D eigenvalue weighted by atomic mass is 9.96. The van der Waals surface area contributed by atoms with Crippen LogP contribution in [0.5, 0.6) is 5.75 Å². The molecule has 33 heavy (non-hydrogen) atoms. The number of amides is 2. The number of benzene rings is 2. The van der Waals surface area contributed by atoms with Crippen LogP contribution in [0.15, 0.2) is 42.5 Å². The first-order chi connectivity index (χ1) is 15.8. The lowest BCUT2D eigenvalue weighted by Crippen LogP contribution is -2.42. The number of nitrogens with zero attached hydrogens (tertiary/aromatic N) is 1. The van der Waals surface area contributed by atoms with Crippen LogP contribution in [0.2, 0.25) is 0 Å². The third-order valence-electron chi connectivity index (χ3n) is 5.38. The summed E-state index contributed by atoms with van der Waals surface area (Å²) in [5, 5.41) is 2.70. The summed E-state index contributed by atoms with van der Waals surface area (Å²) >= 11 is 0. The van der Waals surface area contributed by atoms with E-state index in [0.717, 1.165) is 12.1 Å². The molecule has 0 aliphatic carbocycles. The molecule has 1 fully saturated rings. The van der Waals surface area contributed by atoms with Crippen molar-refractivity contribution < 1.29 is 32.6 Å². The van der Waals surface area contributed by atoms with Crippen molar-refractivity contribution in [2.75, 3.05) is 25.0 Å². The Labute approximate surface area is 190 Å². The molecule has 1 N–H and O–H groups in total. The maximum atomic E-state index is 13.9. The number of carbonyl (C=O) groups is 3. The van der Waals surface area contributed by atoms with Gasteiger partial charge in [0, 0.05) is 19.2 Å². The smallest absolute Gasteiger partial charge is 0.309 e. The molecule has 0 radical (unpaired) electrons. The molecule has 2 aromatic rings. The molecule has 7 nitrogen and oxygen atoms in total. The SMILES string of the molecule is CCOc1ccccc1NC(=O)C(C)OC(=O)C1CCN(C(=O)c2ccc(F)cc2F)CC1. The average Bonchev–Trinajstić information content (AvgIpc) is 2.80. The van der Waals surface area contributed by atoms with E-state index in [1.807, 2.05) is 6.92 Å². The summed E-state index contributed by atoms with van der Waals surface area (Å²) in [6.07, 6.45) is -0.399. The van der Waals surface area contributed by atoms with Crippen molar-refractivity contribution in [1.29, 1.82) is 0 Å². The van der Waals surface area contributed by atoms with E-state index >= 15 is 0 Å². The fourth-order valence-electron chi connectivity index (χ4n) is 3.56. The maximum absolute atomic E-state index is 13.9. The average molecular weight is 460 g/mol. The van der Waals surface area contributed by atoms with Gasteiger partial charge in [-0.25, -0.2) is 8.78 Å². The Hall–Kier alpha value is -3.49. The van der Waals surface area contributed by atoms with Crippen LogP contribution in [0.25, 0.3) is 0 Å². The number of piperidine rings is 1. The summed E-state index contributed by atoms with van der Waals surface area (Å²) in [7, 11) is 0. The Bertz CT molecular complexity index is 1020. The minimum atomic E-state index is -1.03. The molecule has 176 valence electrons. The fourth-order valence-corrected chi connectivity index (χ4v) is 3.56. The summed E-state index contributed by atoms with van der Waals surface area (Å²) in [4.78, 5) is 38.9. The molecule has 1 aliphatic heterocycles. The van der Waals surface area contributed by atoms with Gasteiger partial charge in [-0.05, 0) is 51.0 Å². The number of carbonyl (C=O) groups excluding carboxylic acids is 3. The van der Waals surface area contributed by atoms with E-state index in [1.165, 1.54) is 11.8 Å². The number of anilines is 1. The first-order valence-electron chi connectivity index (χ1n) is 10.8. The highest BCUT2D eigenvalue weighted by atomic mass is 19.1. The minimum Gasteiger partial charge on any atom is -0.492 e. The maximum Gasteiger partial charge on any atom is 0.309 e. The third kappa shape index (κ3) is 6.06. The first-order valence-corrected chi connectivity index (χ1v) is 10.8. The van der Waals surface area contributed by atoms with Crippen LogP contribution in [0.4, 0.5) is 14.5 Å². The van der Waals surface area contributed by atoms with Crippen LogP contribution in [0, 0.1) is 17.6 Å². The summed E-state index contributed by atoms with van der Waals surface area (Å²) in [6.45, 7) is 4.19. The number of nitrogens with one attached hydrogen (secondary N) is 1. The molecule has 9 heteroatoms. The second-order valence-corrected chi connectivity index (χ2v) is 7.69. The van der Waals surface area contributed by atoms with Crippen LogP contribution in [0.1, 0.15) is 37.0 Å². The van der Waals surface area contributed by atoms with Crippen molar-refractivity contribution in [3.05, 3.63) is 59.7 Å². The minimum absolute atomic E-state index is 0.213. The van der Waals surface area contributed by atoms with Gasteiger partial charge < -0.3 is 19.7 Å². The van der Waals surface area contributed by atoms with Gasteiger partial charge in [-0.2, -0.15) is 0 Å². The summed E-state index contributed by atoms with van der Waals surface area (Å²) in [5.41, 5.74) is 0.266. The molecule has 1 unspecified atom stereocenters. The predicted octanol–water partition coefficient (Wildman–Crippen LogP) is 3.79. The largest absolute Gasteiger partial charge is 0.492 e. The molecule has 0 aromatic heterocycles. The van der Waals surface area contributed by atoms with Crippen LogP contribution >= 0.6 is 0 Å². The zero-order valence-corrected chi connectivity index (χ0v) is 18.5. The summed E-state index contributed by atoms with van der Waals surface area (Å²) < 4.78 is 37.8. The molecule has 1 atom stereocenters. The van der Waals surface area contributed by atoms with E-state index < -0.39 is 41.4 Å². The molecule has 1 aliphatic rings. The van der Waals surface area contributed by atoms with Gasteiger partial charge in [0.1, 0.15) is 17.4 Å². The van der Waals surface area contributed by atoms with Crippen LogP contribution in [-0.4, -0.2) is 48.5 Å². The van der Waals surface area contributed by atoms with Crippen LogP contribution in [-0.2, 0) is 14.3 Å². The molecule has 0 bridgehead atoms. The second kappa shape index (κ2) is 10.9. The zero-order chi connectivity index (χ0) is 24.0. The summed E-state index contributed by atoms with van der Waals surface area (Å²) in [6, 6.07) is 9.75. The van der Waals surface area contributed by atoms with E-state index in [4.69, 9.17) is 9.47 Å². The van der Waals surface area contributed by atoms with Crippen molar-refractivity contribution in [3.63, 3.8) is 0 Å². The lowest BCUT2D eigenvalue weighted by Gasteiger charge is -2.31. The number of para-hydroxylation sites is 2. The number of esters is 1. The third-order valence-corrected chi connectivity index (χ3v) is 5.38. The first kappa shape index (κ1) is 24.2. The van der Waals surface area contributed by atoms with Crippen molar-refractivity contribution in [2.45, 2.75) is 32.8 Å². The predicted molar refractivity (Wildman–Crippen MR) is 117 cm³/mol. The molecule has 2 amide bonds. The van der Waals surface area contributed by atoms with Crippen molar-refractivity contribution >= 4 is 23.5 Å². The molecular formula is C24H26F2N2O5. The number of hydrogen-bond acceptors (Lipinski definition) is 5. The van der Waals surface area contributed by atoms with Gasteiger partial charge in [-0.15, -0.1) is 0 Å². The highest BCUT2D eigenvalue weighted by molar-refractivity contribution is 5.96. The number of ether oxygens (including phenoxy) is 2. The molecular weight excluding hydrogens is 434 g/mol. The van der Waals surface area contributed by atoms with E-state index in [9.17, 15) is 23.2 Å². The Balaban J connectivity index is 1.51. The lowest BCUT2D eigenvalue weighted by molar-refractivity contribution is -0.158.